The second-order valence-electron chi connectivity index (χ2n) is 16.7. The summed E-state index contributed by atoms with van der Waals surface area (Å²) in [5, 5.41) is 17.7. The maximum atomic E-state index is 15.9. The van der Waals surface area contributed by atoms with Gasteiger partial charge in [0.25, 0.3) is 11.8 Å². The van der Waals surface area contributed by atoms with Crippen LogP contribution in [0.25, 0.3) is 5.57 Å². The van der Waals surface area contributed by atoms with Crippen LogP contribution in [-0.4, -0.2) is 136 Å². The van der Waals surface area contributed by atoms with Crippen LogP contribution in [0.2, 0.25) is 0 Å². The fourth-order valence-corrected chi connectivity index (χ4v) is 7.93. The minimum absolute atomic E-state index is 0.00868. The molecule has 4 amide bonds. The van der Waals surface area contributed by atoms with E-state index in [2.05, 4.69) is 45.0 Å². The summed E-state index contributed by atoms with van der Waals surface area (Å²) in [6.45, 7) is 16.2. The molecule has 2 fully saturated rings. The third-order valence-electron chi connectivity index (χ3n) is 11.6. The number of aldehydes is 1. The number of nitrogens with zero attached hydrogens (tertiary/aromatic N) is 9. The summed E-state index contributed by atoms with van der Waals surface area (Å²) in [7, 11) is 7.31. The van der Waals surface area contributed by atoms with E-state index in [4.69, 9.17) is 4.74 Å². The van der Waals surface area contributed by atoms with Gasteiger partial charge in [-0.25, -0.2) is 13.8 Å². The van der Waals surface area contributed by atoms with Gasteiger partial charge in [-0.05, 0) is 44.0 Å². The van der Waals surface area contributed by atoms with Crippen LogP contribution in [0.1, 0.15) is 110 Å². The molecule has 2 unspecified atom stereocenters. The number of hydrogen-bond donors (Lipinski definition) is 2. The van der Waals surface area contributed by atoms with E-state index in [1.165, 1.54) is 28.8 Å². The second kappa shape index (κ2) is 23.7. The summed E-state index contributed by atoms with van der Waals surface area (Å²) in [6.07, 6.45) is 7.30. The van der Waals surface area contributed by atoms with Crippen molar-refractivity contribution in [1.29, 1.82) is 0 Å². The van der Waals surface area contributed by atoms with E-state index < -0.39 is 29.4 Å². The minimum Gasteiger partial charge on any atom is -0.483 e. The molecule has 1 aromatic carbocycles. The number of benzene rings is 1. The first-order valence-electron chi connectivity index (χ1n) is 22.4. The molecule has 66 heavy (non-hydrogen) atoms. The number of halogens is 2. The molecule has 2 aromatic heterocycles. The lowest BCUT2D eigenvalue weighted by atomic mass is 9.89. The first-order valence-corrected chi connectivity index (χ1v) is 22.4. The van der Waals surface area contributed by atoms with Crippen molar-refractivity contribution in [3.05, 3.63) is 82.2 Å². The van der Waals surface area contributed by atoms with Gasteiger partial charge in [0.1, 0.15) is 24.5 Å². The average molecular weight is 919 g/mol. The Balaban J connectivity index is 0.00000150. The molecule has 1 aliphatic carbocycles. The molecule has 358 valence electrons. The maximum absolute atomic E-state index is 15.9. The number of amides is 4. The van der Waals surface area contributed by atoms with Gasteiger partial charge in [-0.2, -0.15) is 5.10 Å². The number of aryl methyl sites for hydroxylation is 2. The van der Waals surface area contributed by atoms with E-state index in [0.29, 0.717) is 84.5 Å². The number of hydrogen-bond acceptors (Lipinski definition) is 10. The van der Waals surface area contributed by atoms with Crippen molar-refractivity contribution in [3.8, 4) is 0 Å². The number of amidine groups is 1. The summed E-state index contributed by atoms with van der Waals surface area (Å²) >= 11 is 0. The number of rotatable bonds is 11. The highest BCUT2D eigenvalue weighted by molar-refractivity contribution is 6.03. The molecular formula is C47H66F2N11O6+. The fourth-order valence-electron chi connectivity index (χ4n) is 7.93. The van der Waals surface area contributed by atoms with Gasteiger partial charge >= 0.3 is 0 Å². The average Bonchev–Trinajstić information content (AvgIpc) is 4.00. The molecule has 3 aliphatic rings. The molecule has 0 saturated carbocycles. The minimum atomic E-state index is -1.06. The Morgan fingerprint density at radius 3 is 2.29 bits per heavy atom. The molecule has 0 bridgehead atoms. The Kier molecular flexibility index (Phi) is 18.8. The molecule has 2 saturated heterocycles. The van der Waals surface area contributed by atoms with E-state index in [9.17, 15) is 24.0 Å². The first-order chi connectivity index (χ1) is 31.4. The standard InChI is InChI=1S/C42H53F2N11O5.C3H6O.C2H6/c1-9-35(49-48-27(4)60-8)47-36(56)23-54-22-33(26(3)50-54)31-12-13-32(38(44)37(31)43)34-21-45-39(51(34)5)40(57)46-29-10-11-30(25(2)20-29)42(59)53-17-15-52(16-18-53)41(58)28-14-19-55(6,7)24-28;1-2-3-4;1-2/h10-12,20-22,28,32H,9,13-19,23-24H2,1-8H3,(H-,46,47,49,56,57,59);3H,2H2,1H3;1-2H3/p+1/b48-27+;;. The summed E-state index contributed by atoms with van der Waals surface area (Å²) in [4.78, 5) is 69.8. The number of methoxy groups -OCH3 is 1. The lowest BCUT2D eigenvalue weighted by Gasteiger charge is -2.36. The van der Waals surface area contributed by atoms with Crippen LogP contribution in [0.3, 0.4) is 0 Å². The third-order valence-corrected chi connectivity index (χ3v) is 11.6. The van der Waals surface area contributed by atoms with E-state index in [-0.39, 0.29) is 42.1 Å². The molecule has 4 heterocycles. The molecule has 17 nitrogen and oxygen atoms in total. The quantitative estimate of drug-likeness (QED) is 0.0759. The fraction of sp³-hybridized carbons (Fsp3) is 0.511. The van der Waals surface area contributed by atoms with Crippen molar-refractivity contribution < 1.29 is 42.0 Å². The Morgan fingerprint density at radius 2 is 1.70 bits per heavy atom. The van der Waals surface area contributed by atoms with Gasteiger partial charge < -0.3 is 39.0 Å². The molecular weight excluding hydrogens is 853 g/mol. The number of ether oxygens (including phenoxy) is 1. The van der Waals surface area contributed by atoms with E-state index in [1.54, 1.807) is 63.9 Å². The van der Waals surface area contributed by atoms with Crippen LogP contribution in [-0.2, 0) is 32.7 Å². The van der Waals surface area contributed by atoms with Gasteiger partial charge in [0, 0.05) is 99.9 Å². The van der Waals surface area contributed by atoms with Crippen molar-refractivity contribution in [2.75, 3.05) is 65.8 Å². The zero-order valence-corrected chi connectivity index (χ0v) is 40.2. The lowest BCUT2D eigenvalue weighted by molar-refractivity contribution is -0.878. The molecule has 2 N–H and O–H groups in total. The number of likely N-dealkylation sites (tertiary alicyclic amines) is 1. The normalized spacial score (nSPS) is 18.3. The number of piperazine rings is 1. The van der Waals surface area contributed by atoms with Gasteiger partial charge in [-0.3, -0.25) is 23.9 Å². The molecule has 3 aromatic rings. The number of allylic oxidation sites excluding steroid dienone is 4. The molecule has 0 spiro atoms. The van der Waals surface area contributed by atoms with Crippen LogP contribution in [0.15, 0.2) is 58.5 Å². The molecule has 0 radical (unpaired) electrons. The van der Waals surface area contributed by atoms with Gasteiger partial charge in [-0.15, -0.1) is 10.2 Å². The smallest absolute Gasteiger partial charge is 0.291 e. The van der Waals surface area contributed by atoms with E-state index >= 15 is 8.78 Å². The summed E-state index contributed by atoms with van der Waals surface area (Å²) in [6, 6.07) is 5.01. The van der Waals surface area contributed by atoms with Crippen molar-refractivity contribution in [3.63, 3.8) is 0 Å². The first kappa shape index (κ1) is 52.3. The van der Waals surface area contributed by atoms with Crippen LogP contribution in [0, 0.1) is 19.8 Å². The zero-order valence-electron chi connectivity index (χ0n) is 40.2. The molecule has 6 rings (SSSR count). The predicted molar refractivity (Wildman–Crippen MR) is 250 cm³/mol. The van der Waals surface area contributed by atoms with Crippen molar-refractivity contribution in [2.45, 2.75) is 86.6 Å². The van der Waals surface area contributed by atoms with Gasteiger partial charge in [0.15, 0.2) is 11.7 Å². The highest BCUT2D eigenvalue weighted by Gasteiger charge is 2.39. The Labute approximate surface area is 386 Å². The SMILES string of the molecule is CC.CC/C(=N\N=C(/C)OC)NC(=O)Cn1cc(C2=CCC(c3cnc(C(=O)Nc4ccc(C(=O)N5CCN(C(=O)C6CC[N+](C)(C)C6)CC5)c(C)c4)n3C)C(F)=C2F)c(C)n1.CCC=O. The number of aromatic nitrogens is 4. The molecule has 2 atom stereocenters. The number of anilines is 1. The van der Waals surface area contributed by atoms with Crippen molar-refractivity contribution in [2.24, 2.45) is 23.2 Å². The maximum Gasteiger partial charge on any atom is 0.291 e. The second-order valence-corrected chi connectivity index (χ2v) is 16.7. The van der Waals surface area contributed by atoms with Crippen LogP contribution >= 0.6 is 0 Å². The topological polar surface area (TPSA) is 185 Å². The largest absolute Gasteiger partial charge is 0.483 e. The number of quaternary nitrogens is 1. The predicted octanol–water partition coefficient (Wildman–Crippen LogP) is 6.11. The Morgan fingerprint density at radius 1 is 1.03 bits per heavy atom. The third kappa shape index (κ3) is 12.9. The number of carbonyl (C=O) groups is 5. The Bertz CT molecular complexity index is 2370. The molecule has 2 aliphatic heterocycles. The van der Waals surface area contributed by atoms with Crippen molar-refractivity contribution >= 4 is 52.9 Å². The summed E-state index contributed by atoms with van der Waals surface area (Å²) in [5.74, 6) is -3.39. The van der Waals surface area contributed by atoms with Crippen LogP contribution < -0.4 is 10.6 Å². The highest BCUT2D eigenvalue weighted by Crippen LogP contribution is 2.42. The van der Waals surface area contributed by atoms with E-state index in [1.807, 2.05) is 25.7 Å². The van der Waals surface area contributed by atoms with Crippen LogP contribution in [0.4, 0.5) is 14.5 Å². The number of carbonyl (C=O) groups excluding carboxylic acids is 5. The summed E-state index contributed by atoms with van der Waals surface area (Å²) < 4.78 is 40.2. The van der Waals surface area contributed by atoms with Gasteiger partial charge in [0.05, 0.1) is 51.8 Å². The molecule has 19 heteroatoms. The van der Waals surface area contributed by atoms with E-state index in [0.717, 1.165) is 30.3 Å². The Hall–Kier alpha value is -6.37. The van der Waals surface area contributed by atoms with Gasteiger partial charge in [-0.1, -0.05) is 33.8 Å². The van der Waals surface area contributed by atoms with Crippen LogP contribution in [0.5, 0.6) is 0 Å². The zero-order chi connectivity index (χ0) is 48.9. The van der Waals surface area contributed by atoms with Gasteiger partial charge in [0.2, 0.25) is 17.7 Å². The highest BCUT2D eigenvalue weighted by atomic mass is 19.2. The lowest BCUT2D eigenvalue weighted by Crippen LogP contribution is -2.52. The summed E-state index contributed by atoms with van der Waals surface area (Å²) in [5.41, 5.74) is 2.66. The number of nitrogens with one attached hydrogen (secondary N) is 2. The number of imidazole rings is 1. The monoisotopic (exact) mass is 919 g/mol. The van der Waals surface area contributed by atoms with Crippen molar-refractivity contribution in [1.82, 2.24) is 34.4 Å².